The SMILES string of the molecule is C[C@@H]1CCCC[C@H]1NC(=O)COC(=O)c1ccccc1NS(C)(=O)=O. The molecule has 2 N–H and O–H groups in total. The Morgan fingerprint density at radius 2 is 1.88 bits per heavy atom. The van der Waals surface area contributed by atoms with Crippen molar-refractivity contribution in [1.29, 1.82) is 0 Å². The molecule has 1 aromatic rings. The molecule has 25 heavy (non-hydrogen) atoms. The first-order chi connectivity index (χ1) is 11.8. The molecule has 8 heteroatoms. The van der Waals surface area contributed by atoms with Crippen LogP contribution in [0.1, 0.15) is 43.0 Å². The number of nitrogens with one attached hydrogen (secondary N) is 2. The topological polar surface area (TPSA) is 102 Å². The molecule has 0 aromatic heterocycles. The minimum Gasteiger partial charge on any atom is -0.452 e. The van der Waals surface area contributed by atoms with Gasteiger partial charge in [-0.2, -0.15) is 0 Å². The van der Waals surface area contributed by atoms with Crippen molar-refractivity contribution in [2.45, 2.75) is 38.6 Å². The van der Waals surface area contributed by atoms with E-state index in [1.807, 2.05) is 0 Å². The Labute approximate surface area is 148 Å². The zero-order chi connectivity index (χ0) is 18.4. The minimum absolute atomic E-state index is 0.0618. The molecule has 0 bridgehead atoms. The lowest BCUT2D eigenvalue weighted by molar-refractivity contribution is -0.125. The average molecular weight is 368 g/mol. The van der Waals surface area contributed by atoms with Crippen LogP contribution in [0.25, 0.3) is 0 Å². The summed E-state index contributed by atoms with van der Waals surface area (Å²) in [6.45, 7) is 1.71. The van der Waals surface area contributed by atoms with E-state index in [0.29, 0.717) is 5.92 Å². The molecule has 1 aliphatic rings. The summed E-state index contributed by atoms with van der Waals surface area (Å²) in [6, 6.07) is 6.20. The van der Waals surface area contributed by atoms with Crippen LogP contribution in [0.2, 0.25) is 0 Å². The van der Waals surface area contributed by atoms with Gasteiger partial charge in [0.1, 0.15) is 0 Å². The van der Waals surface area contributed by atoms with Gasteiger partial charge in [0.15, 0.2) is 6.61 Å². The Morgan fingerprint density at radius 1 is 1.20 bits per heavy atom. The van der Waals surface area contributed by atoms with Crippen LogP contribution in [0.4, 0.5) is 5.69 Å². The van der Waals surface area contributed by atoms with Crippen molar-refractivity contribution in [1.82, 2.24) is 5.32 Å². The summed E-state index contributed by atoms with van der Waals surface area (Å²) in [4.78, 5) is 24.2. The normalized spacial score (nSPS) is 20.6. The Hall–Kier alpha value is -2.09. The molecule has 0 heterocycles. The van der Waals surface area contributed by atoms with E-state index >= 15 is 0 Å². The van der Waals surface area contributed by atoms with E-state index in [9.17, 15) is 18.0 Å². The predicted octanol–water partition coefficient (Wildman–Crippen LogP) is 1.91. The molecule has 2 rings (SSSR count). The third-order valence-corrected chi connectivity index (χ3v) is 4.83. The van der Waals surface area contributed by atoms with Crippen LogP contribution in [0.5, 0.6) is 0 Å². The smallest absolute Gasteiger partial charge is 0.340 e. The zero-order valence-electron chi connectivity index (χ0n) is 14.4. The van der Waals surface area contributed by atoms with Gasteiger partial charge in [0.25, 0.3) is 5.91 Å². The van der Waals surface area contributed by atoms with Gasteiger partial charge in [-0.25, -0.2) is 13.2 Å². The molecule has 1 fully saturated rings. The predicted molar refractivity (Wildman–Crippen MR) is 94.8 cm³/mol. The van der Waals surface area contributed by atoms with Crippen LogP contribution in [-0.4, -0.2) is 39.2 Å². The molecule has 1 saturated carbocycles. The number of hydrogen-bond acceptors (Lipinski definition) is 5. The Kier molecular flexibility index (Phi) is 6.41. The molecule has 0 radical (unpaired) electrons. The number of amides is 1. The Balaban J connectivity index is 1.93. The lowest BCUT2D eigenvalue weighted by Gasteiger charge is -2.29. The number of sulfonamides is 1. The molecular formula is C17H24N2O5S. The van der Waals surface area contributed by atoms with Crippen molar-refractivity contribution in [3.8, 4) is 0 Å². The van der Waals surface area contributed by atoms with Gasteiger partial charge < -0.3 is 10.1 Å². The molecule has 1 aromatic carbocycles. The average Bonchev–Trinajstić information content (AvgIpc) is 2.54. The maximum atomic E-state index is 12.2. The number of ether oxygens (including phenoxy) is 1. The standard InChI is InChI=1S/C17H24N2O5S/c1-12-7-3-5-9-14(12)18-16(20)11-24-17(21)13-8-4-6-10-15(13)19-25(2,22)23/h4,6,8,10,12,14,19H,3,5,7,9,11H2,1-2H3,(H,18,20)/t12-,14-/m1/s1. The van der Waals surface area contributed by atoms with Gasteiger partial charge >= 0.3 is 5.97 Å². The number of carbonyl (C=O) groups excluding carboxylic acids is 2. The number of esters is 1. The summed E-state index contributed by atoms with van der Waals surface area (Å²) >= 11 is 0. The van der Waals surface area contributed by atoms with Gasteiger partial charge in [0.2, 0.25) is 10.0 Å². The van der Waals surface area contributed by atoms with Gasteiger partial charge in [0.05, 0.1) is 17.5 Å². The maximum Gasteiger partial charge on any atom is 0.340 e. The van der Waals surface area contributed by atoms with E-state index in [1.165, 1.54) is 18.6 Å². The van der Waals surface area contributed by atoms with E-state index in [0.717, 1.165) is 25.5 Å². The van der Waals surface area contributed by atoms with Crippen molar-refractivity contribution in [3.05, 3.63) is 29.8 Å². The Bertz CT molecular complexity index is 732. The molecule has 0 unspecified atom stereocenters. The highest BCUT2D eigenvalue weighted by Gasteiger charge is 2.23. The van der Waals surface area contributed by atoms with Crippen LogP contribution in [0.3, 0.4) is 0 Å². The monoisotopic (exact) mass is 368 g/mol. The molecule has 2 atom stereocenters. The zero-order valence-corrected chi connectivity index (χ0v) is 15.3. The van der Waals surface area contributed by atoms with Crippen molar-refractivity contribution >= 4 is 27.6 Å². The van der Waals surface area contributed by atoms with Crippen molar-refractivity contribution in [2.75, 3.05) is 17.6 Å². The molecule has 7 nitrogen and oxygen atoms in total. The second kappa shape index (κ2) is 8.33. The number of hydrogen-bond donors (Lipinski definition) is 2. The van der Waals surface area contributed by atoms with Crippen molar-refractivity contribution in [2.24, 2.45) is 5.92 Å². The first-order valence-corrected chi connectivity index (χ1v) is 10.2. The van der Waals surface area contributed by atoms with Crippen LogP contribution < -0.4 is 10.0 Å². The summed E-state index contributed by atoms with van der Waals surface area (Å²) in [7, 11) is -3.53. The maximum absolute atomic E-state index is 12.2. The van der Waals surface area contributed by atoms with E-state index in [2.05, 4.69) is 17.0 Å². The number of anilines is 1. The van der Waals surface area contributed by atoms with E-state index < -0.39 is 22.6 Å². The van der Waals surface area contributed by atoms with Gasteiger partial charge in [-0.05, 0) is 30.9 Å². The first-order valence-electron chi connectivity index (χ1n) is 8.29. The van der Waals surface area contributed by atoms with E-state index in [4.69, 9.17) is 4.74 Å². The summed E-state index contributed by atoms with van der Waals surface area (Å²) in [6.07, 6.45) is 5.26. The Morgan fingerprint density at radius 3 is 2.56 bits per heavy atom. The van der Waals surface area contributed by atoms with E-state index in [-0.39, 0.29) is 23.2 Å². The first kappa shape index (κ1) is 19.2. The highest BCUT2D eigenvalue weighted by molar-refractivity contribution is 7.92. The second-order valence-electron chi connectivity index (χ2n) is 6.43. The molecular weight excluding hydrogens is 344 g/mol. The van der Waals surface area contributed by atoms with Crippen LogP contribution >= 0.6 is 0 Å². The lowest BCUT2D eigenvalue weighted by atomic mass is 9.86. The molecule has 0 saturated heterocycles. The van der Waals surface area contributed by atoms with Crippen molar-refractivity contribution < 1.29 is 22.7 Å². The summed E-state index contributed by atoms with van der Waals surface area (Å²) in [5.41, 5.74) is 0.183. The van der Waals surface area contributed by atoms with Crippen molar-refractivity contribution in [3.63, 3.8) is 0 Å². The van der Waals surface area contributed by atoms with Gasteiger partial charge in [0, 0.05) is 6.04 Å². The number of para-hydroxylation sites is 1. The van der Waals surface area contributed by atoms with Crippen LogP contribution in [0, 0.1) is 5.92 Å². The largest absolute Gasteiger partial charge is 0.452 e. The molecule has 1 aliphatic carbocycles. The number of carbonyl (C=O) groups is 2. The summed E-state index contributed by atoms with van der Waals surface area (Å²) < 4.78 is 30.0. The minimum atomic E-state index is -3.53. The molecule has 0 aliphatic heterocycles. The summed E-state index contributed by atoms with van der Waals surface area (Å²) in [5.74, 6) is -0.688. The number of benzene rings is 1. The fourth-order valence-electron chi connectivity index (χ4n) is 2.94. The fourth-order valence-corrected chi connectivity index (χ4v) is 3.52. The van der Waals surface area contributed by atoms with Gasteiger partial charge in [-0.15, -0.1) is 0 Å². The molecule has 138 valence electrons. The van der Waals surface area contributed by atoms with Gasteiger partial charge in [-0.3, -0.25) is 9.52 Å². The van der Waals surface area contributed by atoms with Crippen LogP contribution in [-0.2, 0) is 19.6 Å². The fraction of sp³-hybridized carbons (Fsp3) is 0.529. The third-order valence-electron chi connectivity index (χ3n) is 4.23. The lowest BCUT2D eigenvalue weighted by Crippen LogP contribution is -2.42. The third kappa shape index (κ3) is 6.04. The highest BCUT2D eigenvalue weighted by Crippen LogP contribution is 2.23. The van der Waals surface area contributed by atoms with Crippen LogP contribution in [0.15, 0.2) is 24.3 Å². The molecule has 1 amide bonds. The molecule has 0 spiro atoms. The number of rotatable bonds is 6. The van der Waals surface area contributed by atoms with Gasteiger partial charge in [-0.1, -0.05) is 31.9 Å². The highest BCUT2D eigenvalue weighted by atomic mass is 32.2. The second-order valence-corrected chi connectivity index (χ2v) is 8.18. The van der Waals surface area contributed by atoms with E-state index in [1.54, 1.807) is 12.1 Å². The summed E-state index contributed by atoms with van der Waals surface area (Å²) in [5, 5.41) is 2.90. The quantitative estimate of drug-likeness (QED) is 0.747.